The van der Waals surface area contributed by atoms with Gasteiger partial charge in [-0.05, 0) is 61.6 Å². The lowest BCUT2D eigenvalue weighted by Gasteiger charge is -2.54. The molecule has 1 aliphatic carbocycles. The number of hydrogen-bond acceptors (Lipinski definition) is 4. The summed E-state index contributed by atoms with van der Waals surface area (Å²) in [6.07, 6.45) is 6.90. The Bertz CT molecular complexity index is 890. The number of carbonyl (C=O) groups is 1. The van der Waals surface area contributed by atoms with Crippen molar-refractivity contribution in [1.29, 1.82) is 0 Å². The van der Waals surface area contributed by atoms with Crippen molar-refractivity contribution < 1.29 is 9.53 Å². The van der Waals surface area contributed by atoms with Crippen molar-refractivity contribution in [2.75, 3.05) is 6.54 Å². The molecule has 1 amide bonds. The molecule has 148 valence electrons. The average Bonchev–Trinajstić information content (AvgIpc) is 2.63. The monoisotopic (exact) mass is 379 g/mol. The van der Waals surface area contributed by atoms with Crippen LogP contribution in [0.25, 0.3) is 11.1 Å². The largest absolute Gasteiger partial charge is 0.444 e. The van der Waals surface area contributed by atoms with Gasteiger partial charge in [-0.1, -0.05) is 32.0 Å². The first kappa shape index (κ1) is 18.9. The van der Waals surface area contributed by atoms with E-state index in [1.807, 2.05) is 38.1 Å². The molecule has 2 aromatic rings. The van der Waals surface area contributed by atoms with E-state index in [-0.39, 0.29) is 17.6 Å². The second kappa shape index (κ2) is 6.57. The minimum absolute atomic E-state index is 0.0441. The fraction of sp³-hybridized carbons (Fsp3) is 0.522. The van der Waals surface area contributed by atoms with Crippen molar-refractivity contribution in [2.45, 2.75) is 64.5 Å². The Labute approximate surface area is 167 Å². The van der Waals surface area contributed by atoms with Crippen LogP contribution in [0.5, 0.6) is 0 Å². The molecule has 2 unspecified atom stereocenters. The molecule has 1 aromatic carbocycles. The van der Waals surface area contributed by atoms with Crippen molar-refractivity contribution in [2.24, 2.45) is 5.92 Å². The summed E-state index contributed by atoms with van der Waals surface area (Å²) in [5, 5.41) is 0. The zero-order valence-electron chi connectivity index (χ0n) is 17.4. The molecule has 0 radical (unpaired) electrons. The van der Waals surface area contributed by atoms with Gasteiger partial charge >= 0.3 is 6.09 Å². The van der Waals surface area contributed by atoms with E-state index < -0.39 is 5.60 Å². The summed E-state index contributed by atoms with van der Waals surface area (Å²) in [4.78, 5) is 23.1. The lowest BCUT2D eigenvalue weighted by atomic mass is 9.59. The second-order valence-electron chi connectivity index (χ2n) is 9.40. The summed E-state index contributed by atoms with van der Waals surface area (Å²) in [6, 6.07) is 6.84. The Morgan fingerprint density at radius 2 is 1.93 bits per heavy atom. The van der Waals surface area contributed by atoms with E-state index in [0.29, 0.717) is 5.92 Å². The average molecular weight is 380 g/mol. The first-order chi connectivity index (χ1) is 13.2. The fourth-order valence-corrected chi connectivity index (χ4v) is 4.79. The summed E-state index contributed by atoms with van der Waals surface area (Å²) >= 11 is 0. The number of nitrogens with zero attached hydrogens (tertiary/aromatic N) is 3. The molecule has 5 heteroatoms. The fourth-order valence-electron chi connectivity index (χ4n) is 4.79. The normalized spacial score (nSPS) is 26.5. The van der Waals surface area contributed by atoms with Gasteiger partial charge in [0.1, 0.15) is 11.9 Å². The number of fused-ring (bicyclic) bond motifs is 4. The molecule has 4 rings (SSSR count). The number of carbonyl (C=O) groups excluding carboxylic acids is 1. The van der Waals surface area contributed by atoms with E-state index in [1.165, 1.54) is 11.1 Å². The minimum Gasteiger partial charge on any atom is -0.444 e. The van der Waals surface area contributed by atoms with E-state index in [1.54, 1.807) is 6.33 Å². The van der Waals surface area contributed by atoms with Crippen LogP contribution in [0.4, 0.5) is 4.79 Å². The van der Waals surface area contributed by atoms with E-state index in [4.69, 9.17) is 4.74 Å². The Morgan fingerprint density at radius 3 is 2.61 bits per heavy atom. The third-order valence-electron chi connectivity index (χ3n) is 6.53. The molecule has 3 atom stereocenters. The maximum absolute atomic E-state index is 12.8. The first-order valence-corrected chi connectivity index (χ1v) is 10.1. The number of rotatable bonds is 1. The SMILES string of the molecule is CC1[C@H]2Cc3ccc(-c4cncnc4)cc3C1(C)CCN2C(=O)OC(C)(C)C. The van der Waals surface area contributed by atoms with Crippen molar-refractivity contribution in [1.82, 2.24) is 14.9 Å². The Balaban J connectivity index is 1.69. The van der Waals surface area contributed by atoms with Crippen LogP contribution in [0.3, 0.4) is 0 Å². The first-order valence-electron chi connectivity index (χ1n) is 10.1. The zero-order valence-corrected chi connectivity index (χ0v) is 17.4. The molecule has 2 bridgehead atoms. The summed E-state index contributed by atoms with van der Waals surface area (Å²) in [7, 11) is 0. The third kappa shape index (κ3) is 3.17. The standard InChI is InChI=1S/C23H29N3O2/c1-15-20-11-17-7-6-16(18-12-24-14-25-13-18)10-19(17)23(15,5)8-9-26(20)21(27)28-22(2,3)4/h6-7,10,12-15,20H,8-9,11H2,1-5H3/t15?,20-,23?/m1/s1. The lowest BCUT2D eigenvalue weighted by molar-refractivity contribution is -0.0164. The molecular weight excluding hydrogens is 350 g/mol. The number of ether oxygens (including phenoxy) is 1. The highest BCUT2D eigenvalue weighted by Crippen LogP contribution is 2.49. The molecule has 0 N–H and O–H groups in total. The predicted molar refractivity (Wildman–Crippen MR) is 109 cm³/mol. The maximum atomic E-state index is 12.8. The predicted octanol–water partition coefficient (Wildman–Crippen LogP) is 4.60. The van der Waals surface area contributed by atoms with Gasteiger partial charge in [-0.3, -0.25) is 0 Å². The van der Waals surface area contributed by atoms with Gasteiger partial charge in [0, 0.05) is 30.5 Å². The summed E-state index contributed by atoms with van der Waals surface area (Å²) < 4.78 is 5.69. The summed E-state index contributed by atoms with van der Waals surface area (Å²) in [5.41, 5.74) is 4.50. The zero-order chi connectivity index (χ0) is 20.1. The molecule has 2 aliphatic rings. The molecule has 1 aromatic heterocycles. The highest BCUT2D eigenvalue weighted by atomic mass is 16.6. The molecule has 5 nitrogen and oxygen atoms in total. The van der Waals surface area contributed by atoms with Crippen LogP contribution in [-0.4, -0.2) is 39.1 Å². The van der Waals surface area contributed by atoms with Crippen LogP contribution < -0.4 is 0 Å². The number of amides is 1. The number of aromatic nitrogens is 2. The minimum atomic E-state index is -0.472. The van der Waals surface area contributed by atoms with Gasteiger partial charge in [0.15, 0.2) is 0 Å². The van der Waals surface area contributed by atoms with Gasteiger partial charge in [0.25, 0.3) is 0 Å². The van der Waals surface area contributed by atoms with Crippen LogP contribution in [-0.2, 0) is 16.6 Å². The van der Waals surface area contributed by atoms with E-state index in [2.05, 4.69) is 42.0 Å². The van der Waals surface area contributed by atoms with Crippen molar-refractivity contribution in [3.8, 4) is 11.1 Å². The second-order valence-corrected chi connectivity index (χ2v) is 9.40. The molecule has 1 saturated heterocycles. The van der Waals surface area contributed by atoms with E-state index in [0.717, 1.165) is 30.5 Å². The Hall–Kier alpha value is -2.43. The maximum Gasteiger partial charge on any atom is 0.410 e. The van der Waals surface area contributed by atoms with Gasteiger partial charge in [-0.15, -0.1) is 0 Å². The lowest BCUT2D eigenvalue weighted by Crippen LogP contribution is -2.60. The van der Waals surface area contributed by atoms with Crippen LogP contribution in [0.1, 0.15) is 52.2 Å². The number of likely N-dealkylation sites (tertiary alicyclic amines) is 1. The molecule has 1 aliphatic heterocycles. The molecule has 2 heterocycles. The van der Waals surface area contributed by atoms with Gasteiger partial charge in [-0.25, -0.2) is 14.8 Å². The van der Waals surface area contributed by atoms with E-state index >= 15 is 0 Å². The van der Waals surface area contributed by atoms with Crippen LogP contribution in [0, 0.1) is 5.92 Å². The Morgan fingerprint density at radius 1 is 1.21 bits per heavy atom. The van der Waals surface area contributed by atoms with Gasteiger partial charge in [0.05, 0.1) is 0 Å². The number of benzene rings is 1. The highest BCUT2D eigenvalue weighted by molar-refractivity contribution is 5.70. The van der Waals surface area contributed by atoms with Crippen molar-refractivity contribution >= 4 is 6.09 Å². The van der Waals surface area contributed by atoms with Crippen LogP contribution in [0.15, 0.2) is 36.9 Å². The molecular formula is C23H29N3O2. The molecule has 28 heavy (non-hydrogen) atoms. The smallest absolute Gasteiger partial charge is 0.410 e. The quantitative estimate of drug-likeness (QED) is 0.726. The topological polar surface area (TPSA) is 55.3 Å². The summed E-state index contributed by atoms with van der Waals surface area (Å²) in [5.74, 6) is 0.364. The van der Waals surface area contributed by atoms with Crippen molar-refractivity contribution in [3.05, 3.63) is 48.0 Å². The molecule has 0 spiro atoms. The number of hydrogen-bond donors (Lipinski definition) is 0. The van der Waals surface area contributed by atoms with Gasteiger partial charge < -0.3 is 9.64 Å². The van der Waals surface area contributed by atoms with Crippen LogP contribution >= 0.6 is 0 Å². The van der Waals surface area contributed by atoms with Gasteiger partial charge in [-0.2, -0.15) is 0 Å². The van der Waals surface area contributed by atoms with E-state index in [9.17, 15) is 4.79 Å². The van der Waals surface area contributed by atoms with Crippen molar-refractivity contribution in [3.63, 3.8) is 0 Å². The van der Waals surface area contributed by atoms with Crippen LogP contribution in [0.2, 0.25) is 0 Å². The third-order valence-corrected chi connectivity index (χ3v) is 6.53. The molecule has 0 saturated carbocycles. The molecule has 1 fully saturated rings. The highest BCUT2D eigenvalue weighted by Gasteiger charge is 2.50. The number of piperidine rings is 1. The van der Waals surface area contributed by atoms with Gasteiger partial charge in [0.2, 0.25) is 0 Å². The Kier molecular flexibility index (Phi) is 4.44. The summed E-state index contributed by atoms with van der Waals surface area (Å²) in [6.45, 7) is 11.1.